The molecule has 3 aliphatic rings. The SMILES string of the molecule is CC1(C)CCC(CN2CCN(c3ccc(C(=O)NS(=O)(=O)c4cc([N+](=O)[O-])c(NCCCN5CCCC5)s4)c(Oc4ccc5[nH]ccc5c4)c3)CC2)=C(c2ccc(Cl)cc2)C1. The number of rotatable bonds is 15. The maximum absolute atomic E-state index is 13.9. The van der Waals surface area contributed by atoms with Crippen molar-refractivity contribution in [3.05, 3.63) is 111 Å². The summed E-state index contributed by atoms with van der Waals surface area (Å²) in [6.45, 7) is 12.1. The number of nitrogens with one attached hydrogen (secondary N) is 3. The van der Waals surface area contributed by atoms with Crippen LogP contribution in [0.25, 0.3) is 16.5 Å². The lowest BCUT2D eigenvalue weighted by molar-refractivity contribution is -0.383. The first-order valence-electron chi connectivity index (χ1n) is 21.0. The fraction of sp³-hybridized carbons (Fsp3) is 0.400. The quantitative estimate of drug-likeness (QED) is 0.0527. The summed E-state index contributed by atoms with van der Waals surface area (Å²) < 4.78 is 35.6. The van der Waals surface area contributed by atoms with Crippen molar-refractivity contribution >= 4 is 71.7 Å². The molecule has 0 atom stereocenters. The molecular formula is C45H52ClN7O6S2. The summed E-state index contributed by atoms with van der Waals surface area (Å²) >= 11 is 6.98. The number of allylic oxidation sites excluding steroid dienone is 1. The second-order valence-corrected chi connectivity index (χ2v) is 20.4. The summed E-state index contributed by atoms with van der Waals surface area (Å²) in [6.07, 6.45) is 8.14. The number of benzene rings is 3. The molecule has 2 fully saturated rings. The van der Waals surface area contributed by atoms with Crippen LogP contribution < -0.4 is 19.7 Å². The molecule has 4 heterocycles. The first kappa shape index (κ1) is 42.7. The smallest absolute Gasteiger partial charge is 0.304 e. The van der Waals surface area contributed by atoms with Gasteiger partial charge in [0.1, 0.15) is 15.7 Å². The second kappa shape index (κ2) is 18.2. The number of likely N-dealkylation sites (tertiary alicyclic amines) is 1. The van der Waals surface area contributed by atoms with Crippen molar-refractivity contribution in [1.82, 2.24) is 19.5 Å². The van der Waals surface area contributed by atoms with Gasteiger partial charge in [0.25, 0.3) is 15.9 Å². The summed E-state index contributed by atoms with van der Waals surface area (Å²) in [5.41, 5.74) is 5.78. The average Bonchev–Trinajstić information content (AvgIpc) is 4.03. The van der Waals surface area contributed by atoms with Gasteiger partial charge in [-0.25, -0.2) is 13.1 Å². The van der Waals surface area contributed by atoms with Crippen LogP contribution in [0, 0.1) is 15.5 Å². The molecule has 322 valence electrons. The van der Waals surface area contributed by atoms with E-state index in [1.165, 1.54) is 29.6 Å². The van der Waals surface area contributed by atoms with E-state index in [0.717, 1.165) is 117 Å². The molecule has 0 saturated carbocycles. The molecule has 16 heteroatoms. The van der Waals surface area contributed by atoms with Gasteiger partial charge in [0.05, 0.1) is 10.5 Å². The van der Waals surface area contributed by atoms with Crippen LogP contribution in [0.15, 0.2) is 88.8 Å². The Morgan fingerprint density at radius 1 is 0.967 bits per heavy atom. The molecule has 3 N–H and O–H groups in total. The monoisotopic (exact) mass is 885 g/mol. The van der Waals surface area contributed by atoms with E-state index in [1.54, 1.807) is 18.2 Å². The Labute approximate surface area is 365 Å². The number of piperazine rings is 1. The highest BCUT2D eigenvalue weighted by molar-refractivity contribution is 7.92. The van der Waals surface area contributed by atoms with E-state index >= 15 is 0 Å². The zero-order valence-electron chi connectivity index (χ0n) is 34.5. The number of carbonyl (C=O) groups excluding carboxylic acids is 1. The summed E-state index contributed by atoms with van der Waals surface area (Å²) in [5, 5.41) is 16.8. The fourth-order valence-electron chi connectivity index (χ4n) is 8.59. The number of ether oxygens (including phenoxy) is 1. The first-order chi connectivity index (χ1) is 29.3. The maximum Gasteiger partial charge on any atom is 0.304 e. The Morgan fingerprint density at radius 3 is 2.49 bits per heavy atom. The van der Waals surface area contributed by atoms with E-state index < -0.39 is 20.9 Å². The number of amides is 1. The molecule has 13 nitrogen and oxygen atoms in total. The lowest BCUT2D eigenvalue weighted by atomic mass is 9.72. The van der Waals surface area contributed by atoms with Crippen molar-refractivity contribution in [2.75, 3.05) is 69.1 Å². The highest BCUT2D eigenvalue weighted by Gasteiger charge is 2.31. The van der Waals surface area contributed by atoms with Crippen LogP contribution in [0.1, 0.15) is 68.3 Å². The molecule has 0 radical (unpaired) electrons. The van der Waals surface area contributed by atoms with Gasteiger partial charge in [-0.05, 0) is 123 Å². The van der Waals surface area contributed by atoms with Crippen LogP contribution in [-0.2, 0) is 10.0 Å². The largest absolute Gasteiger partial charge is 0.456 e. The van der Waals surface area contributed by atoms with Gasteiger partial charge in [-0.1, -0.05) is 54.5 Å². The fourth-order valence-corrected chi connectivity index (χ4v) is 11.0. The van der Waals surface area contributed by atoms with Crippen LogP contribution in [0.4, 0.5) is 16.4 Å². The van der Waals surface area contributed by atoms with E-state index in [2.05, 4.69) is 55.7 Å². The van der Waals surface area contributed by atoms with Gasteiger partial charge in [0.15, 0.2) is 5.00 Å². The molecule has 2 aliphatic heterocycles. The standard InChI is InChI=1S/C45H52ClN7O6S2/c1-45(2)16-14-33(38(29-45)31-6-8-34(46)9-7-31)30-51-22-24-52(25-23-51)35-10-12-37(41(27-35)59-36-11-13-39-32(26-36)15-18-47-39)43(54)49-61(57,58)42-28-40(53(55)56)44(60-42)48-17-5-21-50-19-3-4-20-50/h6-13,15,18,26-28,47-48H,3-5,14,16-17,19-25,29-30H2,1-2H3,(H,49,54). The van der Waals surface area contributed by atoms with E-state index in [-0.39, 0.29) is 31.6 Å². The summed E-state index contributed by atoms with van der Waals surface area (Å²) in [5.74, 6) is -0.256. The molecule has 1 amide bonds. The molecule has 0 spiro atoms. The molecule has 8 rings (SSSR count). The third kappa shape index (κ3) is 10.2. The minimum Gasteiger partial charge on any atom is -0.456 e. The molecule has 61 heavy (non-hydrogen) atoms. The number of nitrogens with zero attached hydrogens (tertiary/aromatic N) is 4. The maximum atomic E-state index is 13.9. The average molecular weight is 887 g/mol. The lowest BCUT2D eigenvalue weighted by Crippen LogP contribution is -2.47. The topological polar surface area (TPSA) is 153 Å². The number of sulfonamides is 1. The molecule has 2 aromatic heterocycles. The van der Waals surface area contributed by atoms with Crippen molar-refractivity contribution in [1.29, 1.82) is 0 Å². The molecule has 0 bridgehead atoms. The number of H-pyrrole nitrogens is 1. The van der Waals surface area contributed by atoms with Crippen LogP contribution in [0.2, 0.25) is 5.02 Å². The van der Waals surface area contributed by atoms with Crippen molar-refractivity contribution in [2.24, 2.45) is 5.41 Å². The van der Waals surface area contributed by atoms with Gasteiger partial charge in [-0.15, -0.1) is 0 Å². The number of fused-ring (bicyclic) bond motifs is 1. The van der Waals surface area contributed by atoms with Gasteiger partial charge in [0, 0.05) is 79.2 Å². The van der Waals surface area contributed by atoms with Gasteiger partial charge in [-0.3, -0.25) is 19.8 Å². The number of hydrogen-bond acceptors (Lipinski definition) is 11. The zero-order valence-corrected chi connectivity index (χ0v) is 36.9. The zero-order chi connectivity index (χ0) is 42.7. The molecule has 3 aromatic carbocycles. The predicted octanol–water partition coefficient (Wildman–Crippen LogP) is 9.39. The second-order valence-electron chi connectivity index (χ2n) is 17.0. The number of halogens is 1. The van der Waals surface area contributed by atoms with Gasteiger partial charge in [-0.2, -0.15) is 0 Å². The minimum absolute atomic E-state index is 0.00772. The van der Waals surface area contributed by atoms with Crippen molar-refractivity contribution < 1.29 is 22.9 Å². The van der Waals surface area contributed by atoms with Crippen molar-refractivity contribution in [2.45, 2.75) is 56.6 Å². The van der Waals surface area contributed by atoms with Gasteiger partial charge in [0.2, 0.25) is 0 Å². The molecule has 2 saturated heterocycles. The van der Waals surface area contributed by atoms with Gasteiger partial charge >= 0.3 is 5.69 Å². The molecule has 5 aromatic rings. The van der Waals surface area contributed by atoms with Crippen LogP contribution in [0.5, 0.6) is 11.5 Å². The number of thiophene rings is 1. The number of aromatic nitrogens is 1. The summed E-state index contributed by atoms with van der Waals surface area (Å²) in [4.78, 5) is 35.5. The number of aromatic amines is 1. The first-order valence-corrected chi connectivity index (χ1v) is 23.6. The molecular weight excluding hydrogens is 834 g/mol. The summed E-state index contributed by atoms with van der Waals surface area (Å²) in [6, 6.07) is 21.8. The Kier molecular flexibility index (Phi) is 12.8. The summed E-state index contributed by atoms with van der Waals surface area (Å²) in [7, 11) is -4.50. The molecule has 1 aliphatic carbocycles. The van der Waals surface area contributed by atoms with Crippen molar-refractivity contribution in [3.8, 4) is 11.5 Å². The Morgan fingerprint density at radius 2 is 1.74 bits per heavy atom. The van der Waals surface area contributed by atoms with Crippen LogP contribution >= 0.6 is 22.9 Å². The highest BCUT2D eigenvalue weighted by Crippen LogP contribution is 2.44. The Bertz CT molecular complexity index is 2540. The van der Waals surface area contributed by atoms with E-state index in [1.807, 2.05) is 42.6 Å². The molecule has 0 unspecified atom stereocenters. The van der Waals surface area contributed by atoms with E-state index in [9.17, 15) is 23.3 Å². The minimum atomic E-state index is -4.50. The third-order valence-corrected chi connectivity index (χ3v) is 15.1. The third-order valence-electron chi connectivity index (χ3n) is 12.0. The predicted molar refractivity (Wildman–Crippen MR) is 244 cm³/mol. The number of nitro groups is 1. The Balaban J connectivity index is 0.989. The lowest BCUT2D eigenvalue weighted by Gasteiger charge is -2.39. The highest BCUT2D eigenvalue weighted by atomic mass is 35.5. The van der Waals surface area contributed by atoms with E-state index in [0.29, 0.717) is 12.3 Å². The van der Waals surface area contributed by atoms with Gasteiger partial charge < -0.3 is 24.8 Å². The number of carbonyl (C=O) groups is 1. The van der Waals surface area contributed by atoms with Crippen LogP contribution in [-0.4, -0.2) is 92.9 Å². The Hall–Kier alpha value is -4.93. The van der Waals surface area contributed by atoms with Crippen molar-refractivity contribution in [3.63, 3.8) is 0 Å². The van der Waals surface area contributed by atoms with E-state index in [4.69, 9.17) is 16.3 Å². The normalized spacial score (nSPS) is 17.5. The van der Waals surface area contributed by atoms with Crippen LogP contribution in [0.3, 0.4) is 0 Å². The number of hydrogen-bond donors (Lipinski definition) is 3. The number of anilines is 2.